The number of nitrogens with one attached hydrogen (secondary N) is 1. The van der Waals surface area contributed by atoms with Crippen LogP contribution in [0.2, 0.25) is 10.0 Å². The van der Waals surface area contributed by atoms with E-state index >= 15 is 0 Å². The fourth-order valence-electron chi connectivity index (χ4n) is 2.73. The molecular formula is C19H13Cl2N3O5S2. The van der Waals surface area contributed by atoms with Crippen molar-refractivity contribution < 1.29 is 19.2 Å². The molecule has 0 aliphatic carbocycles. The zero-order valence-corrected chi connectivity index (χ0v) is 18.7. The summed E-state index contributed by atoms with van der Waals surface area (Å²) >= 11 is 14.3. The highest BCUT2D eigenvalue weighted by atomic mass is 35.5. The van der Waals surface area contributed by atoms with Crippen molar-refractivity contribution in [2.75, 3.05) is 13.2 Å². The Hall–Kier alpha value is -2.53. The number of carbonyl (C=O) groups is 1. The van der Waals surface area contributed by atoms with Gasteiger partial charge in [-0.15, -0.1) is 11.3 Å². The molecule has 31 heavy (non-hydrogen) atoms. The molecule has 0 unspecified atom stereocenters. The summed E-state index contributed by atoms with van der Waals surface area (Å²) < 4.78 is 11.3. The standard InChI is InChI=1S/C19H13Cl2N3O5S2/c20-11-8-22-9-12(21)17(11)31-19-13(24(26)27)6-16(30-19)18(25)23-7-10-1-2-14-15(5-10)29-4-3-28-14/h1-2,5-6,8-9H,3-4,7H2,(H,23,25). The predicted molar refractivity (Wildman–Crippen MR) is 118 cm³/mol. The first-order valence-corrected chi connectivity index (χ1v) is 11.2. The number of hydrogen-bond donors (Lipinski definition) is 1. The maximum absolute atomic E-state index is 12.6. The number of nitrogens with zero attached hydrogens (tertiary/aromatic N) is 2. The number of carbonyl (C=O) groups excluding carboxylic acids is 1. The maximum atomic E-state index is 12.6. The Kier molecular flexibility index (Phi) is 6.51. The molecule has 8 nitrogen and oxygen atoms in total. The fraction of sp³-hybridized carbons (Fsp3) is 0.158. The second kappa shape index (κ2) is 9.31. The molecule has 3 aromatic rings. The SMILES string of the molecule is O=C(NCc1ccc2c(c1)OCCO2)c1cc([N+](=O)[O-])c(Sc2c(Cl)cncc2Cl)s1. The van der Waals surface area contributed by atoms with Crippen molar-refractivity contribution in [2.45, 2.75) is 15.6 Å². The van der Waals surface area contributed by atoms with Gasteiger partial charge in [0.05, 0.1) is 19.9 Å². The number of amides is 1. The summed E-state index contributed by atoms with van der Waals surface area (Å²) in [5, 5.41) is 14.8. The lowest BCUT2D eigenvalue weighted by Crippen LogP contribution is -2.22. The maximum Gasteiger partial charge on any atom is 0.294 e. The van der Waals surface area contributed by atoms with Crippen LogP contribution in [0.4, 0.5) is 5.69 Å². The summed E-state index contributed by atoms with van der Waals surface area (Å²) in [6, 6.07) is 6.64. The van der Waals surface area contributed by atoms with E-state index in [1.165, 1.54) is 18.5 Å². The van der Waals surface area contributed by atoms with Gasteiger partial charge in [0.1, 0.15) is 22.3 Å². The number of hydrogen-bond acceptors (Lipinski definition) is 8. The minimum Gasteiger partial charge on any atom is -0.486 e. The van der Waals surface area contributed by atoms with E-state index in [-0.39, 0.29) is 27.2 Å². The Morgan fingerprint density at radius 2 is 1.90 bits per heavy atom. The van der Waals surface area contributed by atoms with Crippen molar-refractivity contribution in [3.05, 3.63) is 67.3 Å². The van der Waals surface area contributed by atoms with Gasteiger partial charge in [0.2, 0.25) is 0 Å². The molecule has 0 bridgehead atoms. The summed E-state index contributed by atoms with van der Waals surface area (Å²) in [5.41, 5.74) is 0.622. The van der Waals surface area contributed by atoms with E-state index in [0.717, 1.165) is 28.7 Å². The smallest absolute Gasteiger partial charge is 0.294 e. The van der Waals surface area contributed by atoms with Gasteiger partial charge in [-0.1, -0.05) is 41.0 Å². The predicted octanol–water partition coefficient (Wildman–Crippen LogP) is 5.21. The van der Waals surface area contributed by atoms with Gasteiger partial charge in [0, 0.05) is 25.0 Å². The molecule has 1 aliphatic rings. The molecule has 4 rings (SSSR count). The van der Waals surface area contributed by atoms with Crippen LogP contribution in [0.25, 0.3) is 0 Å². The lowest BCUT2D eigenvalue weighted by molar-refractivity contribution is -0.387. The molecule has 1 aliphatic heterocycles. The first-order valence-electron chi connectivity index (χ1n) is 8.84. The van der Waals surface area contributed by atoms with Crippen LogP contribution in [0.1, 0.15) is 15.2 Å². The highest BCUT2D eigenvalue weighted by Crippen LogP contribution is 2.45. The van der Waals surface area contributed by atoms with Gasteiger partial charge in [-0.25, -0.2) is 0 Å². The van der Waals surface area contributed by atoms with Crippen molar-refractivity contribution in [1.29, 1.82) is 0 Å². The van der Waals surface area contributed by atoms with Gasteiger partial charge in [-0.3, -0.25) is 19.9 Å². The molecule has 0 radical (unpaired) electrons. The molecule has 0 saturated heterocycles. The normalized spacial score (nSPS) is 12.5. The average molecular weight is 498 g/mol. The molecular weight excluding hydrogens is 485 g/mol. The van der Waals surface area contributed by atoms with E-state index in [2.05, 4.69) is 10.3 Å². The highest BCUT2D eigenvalue weighted by molar-refractivity contribution is 8.01. The zero-order chi connectivity index (χ0) is 22.0. The van der Waals surface area contributed by atoms with Crippen LogP contribution >= 0.6 is 46.3 Å². The van der Waals surface area contributed by atoms with Crippen LogP contribution in [0.5, 0.6) is 11.5 Å². The van der Waals surface area contributed by atoms with Gasteiger partial charge >= 0.3 is 0 Å². The lowest BCUT2D eigenvalue weighted by Gasteiger charge is -2.18. The number of nitro groups is 1. The molecule has 160 valence electrons. The molecule has 2 aromatic heterocycles. The van der Waals surface area contributed by atoms with Gasteiger partial charge in [0.15, 0.2) is 11.5 Å². The lowest BCUT2D eigenvalue weighted by atomic mass is 10.2. The molecule has 1 N–H and O–H groups in total. The Morgan fingerprint density at radius 1 is 1.19 bits per heavy atom. The number of pyridine rings is 1. The number of ether oxygens (including phenoxy) is 2. The third kappa shape index (κ3) is 4.87. The molecule has 12 heteroatoms. The van der Waals surface area contributed by atoms with Gasteiger partial charge < -0.3 is 14.8 Å². The molecule has 0 saturated carbocycles. The number of halogens is 2. The van der Waals surface area contributed by atoms with Crippen molar-refractivity contribution in [1.82, 2.24) is 10.3 Å². The van der Waals surface area contributed by atoms with Crippen molar-refractivity contribution in [2.24, 2.45) is 0 Å². The molecule has 1 amide bonds. The van der Waals surface area contributed by atoms with Gasteiger partial charge in [-0.05, 0) is 17.7 Å². The summed E-state index contributed by atoms with van der Waals surface area (Å²) in [7, 11) is 0. The van der Waals surface area contributed by atoms with E-state index in [1.54, 1.807) is 12.1 Å². The molecule has 0 atom stereocenters. The van der Waals surface area contributed by atoms with E-state index in [4.69, 9.17) is 32.7 Å². The third-order valence-electron chi connectivity index (χ3n) is 4.16. The number of rotatable bonds is 6. The second-order valence-electron chi connectivity index (χ2n) is 6.24. The number of thiophene rings is 1. The van der Waals surface area contributed by atoms with E-state index < -0.39 is 10.8 Å². The largest absolute Gasteiger partial charge is 0.486 e. The zero-order valence-electron chi connectivity index (χ0n) is 15.6. The number of benzene rings is 1. The number of fused-ring (bicyclic) bond motifs is 1. The quantitative estimate of drug-likeness (QED) is 0.368. The highest BCUT2D eigenvalue weighted by Gasteiger charge is 2.25. The Labute approximate surface area is 194 Å². The summed E-state index contributed by atoms with van der Waals surface area (Å²) in [4.78, 5) is 28.1. The second-order valence-corrected chi connectivity index (χ2v) is 9.38. The van der Waals surface area contributed by atoms with Crippen molar-refractivity contribution in [3.63, 3.8) is 0 Å². The van der Waals surface area contributed by atoms with Gasteiger partial charge in [0.25, 0.3) is 11.6 Å². The molecule has 1 aromatic carbocycles. The van der Waals surface area contributed by atoms with Gasteiger partial charge in [-0.2, -0.15) is 0 Å². The van der Waals surface area contributed by atoms with Crippen LogP contribution in [-0.4, -0.2) is 29.0 Å². The average Bonchev–Trinajstić information content (AvgIpc) is 3.19. The van der Waals surface area contributed by atoms with Crippen LogP contribution in [0, 0.1) is 10.1 Å². The van der Waals surface area contributed by atoms with E-state index in [0.29, 0.717) is 33.8 Å². The van der Waals surface area contributed by atoms with Crippen LogP contribution in [0.3, 0.4) is 0 Å². The third-order valence-corrected chi connectivity index (χ3v) is 7.42. The minimum absolute atomic E-state index is 0.191. The van der Waals surface area contributed by atoms with Crippen molar-refractivity contribution >= 4 is 57.9 Å². The Bertz CT molecular complexity index is 1150. The first kappa shape index (κ1) is 21.7. The molecule has 0 spiro atoms. The van der Waals surface area contributed by atoms with Crippen molar-refractivity contribution in [3.8, 4) is 11.5 Å². The van der Waals surface area contributed by atoms with E-state index in [9.17, 15) is 14.9 Å². The van der Waals surface area contributed by atoms with Crippen LogP contribution in [0.15, 0.2) is 45.8 Å². The van der Waals surface area contributed by atoms with E-state index in [1.807, 2.05) is 6.07 Å². The minimum atomic E-state index is -0.542. The monoisotopic (exact) mass is 497 g/mol. The summed E-state index contributed by atoms with van der Waals surface area (Å²) in [6.45, 7) is 1.19. The number of aromatic nitrogens is 1. The Balaban J connectivity index is 1.51. The summed E-state index contributed by atoms with van der Waals surface area (Å²) in [5.74, 6) is 0.849. The summed E-state index contributed by atoms with van der Waals surface area (Å²) in [6.07, 6.45) is 2.80. The first-order chi connectivity index (χ1) is 14.9. The molecule has 0 fully saturated rings. The fourth-order valence-corrected chi connectivity index (χ4v) is 5.51. The van der Waals surface area contributed by atoms with Crippen LogP contribution < -0.4 is 14.8 Å². The molecule has 3 heterocycles. The Morgan fingerprint density at radius 3 is 2.61 bits per heavy atom. The topological polar surface area (TPSA) is 104 Å². The van der Waals surface area contributed by atoms with Crippen LogP contribution in [-0.2, 0) is 6.54 Å².